The molecule has 3 fully saturated rings. The Balaban J connectivity index is 1.77. The number of carbonyl (C=O) groups excluding carboxylic acids is 1. The number of Topliss-reactive ketones (excluding diaryl/α,β-unsaturated/α-hetero) is 1. The van der Waals surface area contributed by atoms with E-state index in [0.717, 1.165) is 44.2 Å². The molecule has 0 saturated heterocycles. The summed E-state index contributed by atoms with van der Waals surface area (Å²) < 4.78 is 21.1. The molecule has 9 heteroatoms. The molecule has 0 N–H and O–H groups in total. The van der Waals surface area contributed by atoms with Crippen molar-refractivity contribution < 1.29 is 22.9 Å². The van der Waals surface area contributed by atoms with Crippen molar-refractivity contribution in [1.82, 2.24) is 0 Å². The number of carbonyl (C=O) groups is 1. The fraction of sp³-hybridized carbons (Fsp3) is 0.871. The van der Waals surface area contributed by atoms with Gasteiger partial charge < -0.3 is 18.1 Å². The standard InChI is InChI=1S/C31H57NO5Si3/c1-29-17-15-23(32-34-3)19-22(29)13-14-24-25-16-18-31(37-40(10,11)12,30(25,2)20-26(33)28(24)29)27(36-39(7,8)9)21-35-38(4,5)6/h19,24-25,27-28H,13-18,20-21H2,1-12H3/b32-23-/t24-,25-,27?,28+,29-,30-,31-/m0/s1. The molecule has 0 aromatic heterocycles. The molecule has 0 amide bonds. The smallest absolute Gasteiger partial charge is 0.184 e. The number of fused-ring (bicyclic) bond motifs is 5. The summed E-state index contributed by atoms with van der Waals surface area (Å²) in [5, 5.41) is 4.25. The first kappa shape index (κ1) is 32.3. The zero-order chi connectivity index (χ0) is 29.9. The first-order valence-electron chi connectivity index (χ1n) is 15.6. The van der Waals surface area contributed by atoms with Crippen molar-refractivity contribution >= 4 is 36.4 Å². The predicted octanol–water partition coefficient (Wildman–Crippen LogP) is 7.79. The summed E-state index contributed by atoms with van der Waals surface area (Å²) in [6.07, 6.45) is 8.64. The van der Waals surface area contributed by atoms with Crippen LogP contribution in [-0.4, -0.2) is 61.9 Å². The lowest BCUT2D eigenvalue weighted by Gasteiger charge is -2.61. The van der Waals surface area contributed by atoms with Crippen LogP contribution in [0.15, 0.2) is 16.8 Å². The number of oxime groups is 1. The molecule has 0 aliphatic heterocycles. The van der Waals surface area contributed by atoms with Crippen molar-refractivity contribution in [1.29, 1.82) is 0 Å². The Morgan fingerprint density at radius 3 is 2.20 bits per heavy atom. The van der Waals surface area contributed by atoms with Gasteiger partial charge in [-0.2, -0.15) is 0 Å². The number of allylic oxidation sites excluding steroid dienone is 2. The SMILES string of the molecule is CO/N=C1\C=C2CC[C@@H]3[C@H](C(=O)C[C@@]4(C)[C@H]3CC[C@]4(O[Si](C)(C)C)C(CO[Si](C)(C)C)O[Si](C)(C)C)[C@@]2(C)CC1. The fourth-order valence-corrected chi connectivity index (χ4v) is 12.3. The van der Waals surface area contributed by atoms with Crippen LogP contribution >= 0.6 is 0 Å². The second-order valence-electron chi connectivity index (χ2n) is 16.5. The Morgan fingerprint density at radius 2 is 1.62 bits per heavy atom. The molecule has 0 heterocycles. The van der Waals surface area contributed by atoms with Gasteiger partial charge in [-0.05, 0) is 121 Å². The molecule has 1 unspecified atom stereocenters. The van der Waals surface area contributed by atoms with Gasteiger partial charge in [0.2, 0.25) is 0 Å². The maximum Gasteiger partial charge on any atom is 0.184 e. The average molecular weight is 608 g/mol. The van der Waals surface area contributed by atoms with Gasteiger partial charge in [-0.15, -0.1) is 0 Å². The van der Waals surface area contributed by atoms with Gasteiger partial charge in [-0.3, -0.25) is 4.79 Å². The minimum absolute atomic E-state index is 0.0759. The minimum Gasteiger partial charge on any atom is -0.415 e. The first-order valence-corrected chi connectivity index (χ1v) is 25.8. The van der Waals surface area contributed by atoms with Crippen molar-refractivity contribution in [2.24, 2.45) is 33.7 Å². The van der Waals surface area contributed by atoms with Gasteiger partial charge in [-0.1, -0.05) is 24.6 Å². The molecular formula is C31H57NO5Si3. The Morgan fingerprint density at radius 1 is 0.950 bits per heavy atom. The Hall–Kier alpha value is -0.589. The summed E-state index contributed by atoms with van der Waals surface area (Å²) in [5.41, 5.74) is 1.55. The zero-order valence-electron chi connectivity index (χ0n) is 27.5. The lowest BCUT2D eigenvalue weighted by atomic mass is 9.45. The number of hydrogen-bond donors (Lipinski definition) is 0. The molecule has 4 aliphatic carbocycles. The van der Waals surface area contributed by atoms with Crippen LogP contribution in [0.2, 0.25) is 58.9 Å². The molecular weight excluding hydrogens is 551 g/mol. The van der Waals surface area contributed by atoms with Gasteiger partial charge in [0.05, 0.1) is 24.0 Å². The van der Waals surface area contributed by atoms with Gasteiger partial charge in [0.25, 0.3) is 0 Å². The van der Waals surface area contributed by atoms with Crippen LogP contribution in [0.3, 0.4) is 0 Å². The first-order chi connectivity index (χ1) is 18.2. The second kappa shape index (κ2) is 10.8. The monoisotopic (exact) mass is 607 g/mol. The van der Waals surface area contributed by atoms with E-state index in [1.807, 2.05) is 0 Å². The predicted molar refractivity (Wildman–Crippen MR) is 171 cm³/mol. The van der Waals surface area contributed by atoms with Crippen LogP contribution in [-0.2, 0) is 22.9 Å². The maximum absolute atomic E-state index is 14.5. The zero-order valence-corrected chi connectivity index (χ0v) is 30.5. The summed E-state index contributed by atoms with van der Waals surface area (Å²) in [6, 6.07) is 0. The molecule has 0 spiro atoms. The third-order valence-corrected chi connectivity index (χ3v) is 13.2. The molecule has 40 heavy (non-hydrogen) atoms. The molecule has 0 aromatic rings. The number of hydrogen-bond acceptors (Lipinski definition) is 6. The minimum atomic E-state index is -2.01. The van der Waals surface area contributed by atoms with Crippen LogP contribution in [0, 0.1) is 28.6 Å². The quantitative estimate of drug-likeness (QED) is 0.198. The molecule has 7 atom stereocenters. The van der Waals surface area contributed by atoms with Gasteiger partial charge >= 0.3 is 0 Å². The van der Waals surface area contributed by atoms with E-state index in [1.54, 1.807) is 7.11 Å². The highest BCUT2D eigenvalue weighted by Crippen LogP contribution is 2.68. The van der Waals surface area contributed by atoms with E-state index in [4.69, 9.17) is 18.1 Å². The van der Waals surface area contributed by atoms with Crippen LogP contribution in [0.25, 0.3) is 0 Å². The fourth-order valence-electron chi connectivity index (χ4n) is 8.93. The van der Waals surface area contributed by atoms with E-state index in [0.29, 0.717) is 30.6 Å². The normalized spacial score (nSPS) is 38.4. The van der Waals surface area contributed by atoms with Crippen molar-refractivity contribution in [3.8, 4) is 0 Å². The molecule has 228 valence electrons. The summed E-state index contributed by atoms with van der Waals surface area (Å²) in [7, 11) is -4.12. The van der Waals surface area contributed by atoms with E-state index in [-0.39, 0.29) is 22.9 Å². The van der Waals surface area contributed by atoms with Crippen LogP contribution in [0.5, 0.6) is 0 Å². The van der Waals surface area contributed by atoms with E-state index in [1.165, 1.54) is 5.57 Å². The second-order valence-corrected chi connectivity index (χ2v) is 29.9. The average Bonchev–Trinajstić information content (AvgIpc) is 3.06. The van der Waals surface area contributed by atoms with E-state index in [9.17, 15) is 4.79 Å². The summed E-state index contributed by atoms with van der Waals surface area (Å²) in [6.45, 7) is 25.8. The highest BCUT2D eigenvalue weighted by atomic mass is 28.4. The molecule has 0 bridgehead atoms. The van der Waals surface area contributed by atoms with Crippen LogP contribution < -0.4 is 0 Å². The molecule has 3 saturated carbocycles. The Bertz CT molecular complexity index is 1040. The molecule has 0 radical (unpaired) electrons. The lowest BCUT2D eigenvalue weighted by molar-refractivity contribution is -0.176. The van der Waals surface area contributed by atoms with Crippen molar-refractivity contribution in [2.75, 3.05) is 13.7 Å². The number of rotatable bonds is 9. The highest BCUT2D eigenvalue weighted by Gasteiger charge is 2.70. The molecule has 4 aliphatic rings. The molecule has 4 rings (SSSR count). The Kier molecular flexibility index (Phi) is 8.76. The number of nitrogens with zero attached hydrogens (tertiary/aromatic N) is 1. The van der Waals surface area contributed by atoms with Gasteiger partial charge in [0.15, 0.2) is 25.0 Å². The van der Waals surface area contributed by atoms with E-state index < -0.39 is 30.6 Å². The third kappa shape index (κ3) is 6.07. The van der Waals surface area contributed by atoms with E-state index >= 15 is 0 Å². The highest BCUT2D eigenvalue weighted by molar-refractivity contribution is 6.70. The van der Waals surface area contributed by atoms with Gasteiger partial charge in [-0.25, -0.2) is 0 Å². The van der Waals surface area contributed by atoms with Crippen LogP contribution in [0.4, 0.5) is 0 Å². The van der Waals surface area contributed by atoms with Gasteiger partial charge in [0.1, 0.15) is 12.9 Å². The maximum atomic E-state index is 14.5. The summed E-state index contributed by atoms with van der Waals surface area (Å²) >= 11 is 0. The van der Waals surface area contributed by atoms with Crippen molar-refractivity contribution in [3.05, 3.63) is 11.6 Å². The largest absolute Gasteiger partial charge is 0.415 e. The van der Waals surface area contributed by atoms with Gasteiger partial charge in [0, 0.05) is 17.8 Å². The van der Waals surface area contributed by atoms with Crippen molar-refractivity contribution in [2.45, 2.75) is 129 Å². The summed E-state index contributed by atoms with van der Waals surface area (Å²) in [4.78, 5) is 19.6. The number of ketones is 1. The third-order valence-electron chi connectivity index (χ3n) is 10.2. The molecule has 6 nitrogen and oxygen atoms in total. The van der Waals surface area contributed by atoms with Crippen molar-refractivity contribution in [3.63, 3.8) is 0 Å². The molecule has 0 aromatic carbocycles. The lowest BCUT2D eigenvalue weighted by Crippen LogP contribution is -2.66. The Labute approximate surface area is 247 Å². The van der Waals surface area contributed by atoms with E-state index in [2.05, 4.69) is 84.0 Å². The topological polar surface area (TPSA) is 66.4 Å². The summed E-state index contributed by atoms with van der Waals surface area (Å²) in [5.74, 6) is 1.34. The van der Waals surface area contributed by atoms with Crippen LogP contribution in [0.1, 0.15) is 58.8 Å².